The summed E-state index contributed by atoms with van der Waals surface area (Å²) >= 11 is 5.25. The zero-order chi connectivity index (χ0) is 19.6. The molecule has 0 radical (unpaired) electrons. The van der Waals surface area contributed by atoms with Gasteiger partial charge in [-0.3, -0.25) is 5.32 Å². The Balaban J connectivity index is 1.86. The predicted octanol–water partition coefficient (Wildman–Crippen LogP) is 2.45. The molecule has 6 nitrogen and oxygen atoms in total. The standard InChI is InChI=1S/C20H27N5OS/c1-4-26-9-5-6-23-20(27)24-8-7-22-19-17(13-21)12-16-11-14(2)10-15(3)18(16)25-19/h10-12H,4-9H2,1-3H3,(H,22,25)(H2,23,24,27)/p+1. The van der Waals surface area contributed by atoms with Crippen LogP contribution in [0.4, 0.5) is 5.82 Å². The van der Waals surface area contributed by atoms with Crippen molar-refractivity contribution in [2.24, 2.45) is 0 Å². The fourth-order valence-corrected chi connectivity index (χ4v) is 3.08. The molecule has 2 rings (SSSR count). The van der Waals surface area contributed by atoms with Crippen molar-refractivity contribution in [3.63, 3.8) is 0 Å². The average Bonchev–Trinajstić information content (AvgIpc) is 2.64. The molecule has 0 atom stereocenters. The van der Waals surface area contributed by atoms with E-state index in [-0.39, 0.29) is 0 Å². The Hall–Kier alpha value is -2.43. The fraction of sp³-hybridized carbons (Fsp3) is 0.450. The number of rotatable bonds is 9. The smallest absolute Gasteiger partial charge is 0.290 e. The molecule has 144 valence electrons. The van der Waals surface area contributed by atoms with E-state index in [0.29, 0.717) is 23.8 Å². The number of fused-ring (bicyclic) bond motifs is 1. The summed E-state index contributed by atoms with van der Waals surface area (Å²) in [6, 6.07) is 8.39. The van der Waals surface area contributed by atoms with Crippen LogP contribution in [-0.4, -0.2) is 38.0 Å². The van der Waals surface area contributed by atoms with Gasteiger partial charge in [0.05, 0.1) is 6.54 Å². The van der Waals surface area contributed by atoms with E-state index >= 15 is 0 Å². The number of anilines is 1. The number of benzene rings is 1. The van der Waals surface area contributed by atoms with Crippen molar-refractivity contribution >= 4 is 34.1 Å². The molecule has 0 saturated heterocycles. The van der Waals surface area contributed by atoms with Gasteiger partial charge in [-0.05, 0) is 62.7 Å². The Morgan fingerprint density at radius 3 is 2.70 bits per heavy atom. The molecule has 0 bridgehead atoms. The first-order valence-corrected chi connectivity index (χ1v) is 9.66. The molecule has 0 aliphatic heterocycles. The summed E-state index contributed by atoms with van der Waals surface area (Å²) in [6.45, 7) is 9.67. The van der Waals surface area contributed by atoms with Gasteiger partial charge in [-0.25, -0.2) is 4.98 Å². The first-order valence-electron chi connectivity index (χ1n) is 9.25. The van der Waals surface area contributed by atoms with Crippen LogP contribution in [0.1, 0.15) is 30.0 Å². The van der Waals surface area contributed by atoms with Crippen molar-refractivity contribution in [2.75, 3.05) is 38.2 Å². The van der Waals surface area contributed by atoms with Gasteiger partial charge in [-0.2, -0.15) is 5.26 Å². The number of H-pyrrole nitrogens is 1. The molecule has 0 saturated carbocycles. The lowest BCUT2D eigenvalue weighted by Crippen LogP contribution is -2.38. The van der Waals surface area contributed by atoms with Gasteiger partial charge in [-0.1, -0.05) is 6.07 Å². The van der Waals surface area contributed by atoms with Crippen molar-refractivity contribution in [1.29, 1.82) is 5.26 Å². The molecule has 1 heterocycles. The maximum atomic E-state index is 9.45. The molecular weight excluding hydrogens is 358 g/mol. The zero-order valence-electron chi connectivity index (χ0n) is 16.2. The van der Waals surface area contributed by atoms with E-state index in [1.165, 1.54) is 5.56 Å². The summed E-state index contributed by atoms with van der Waals surface area (Å²) in [6.07, 6.45) is 0.921. The van der Waals surface area contributed by atoms with Gasteiger partial charge in [0.25, 0.3) is 5.82 Å². The number of thiocarbonyl (C=S) groups is 1. The number of ether oxygens (including phenoxy) is 1. The molecule has 7 heteroatoms. The highest BCUT2D eigenvalue weighted by molar-refractivity contribution is 7.80. The van der Waals surface area contributed by atoms with Gasteiger partial charge in [-0.15, -0.1) is 0 Å². The minimum absolute atomic E-state index is 0.601. The molecule has 0 aliphatic carbocycles. The van der Waals surface area contributed by atoms with Gasteiger partial charge in [0.1, 0.15) is 23.7 Å². The largest absolute Gasteiger partial charge is 0.382 e. The highest BCUT2D eigenvalue weighted by Gasteiger charge is 2.13. The number of aryl methyl sites for hydroxylation is 2. The van der Waals surface area contributed by atoms with E-state index in [0.717, 1.165) is 48.5 Å². The van der Waals surface area contributed by atoms with Crippen LogP contribution < -0.4 is 20.9 Å². The predicted molar refractivity (Wildman–Crippen MR) is 113 cm³/mol. The molecule has 0 spiro atoms. The number of aromatic nitrogens is 1. The Morgan fingerprint density at radius 1 is 1.19 bits per heavy atom. The third kappa shape index (κ3) is 6.35. The van der Waals surface area contributed by atoms with Crippen LogP contribution in [0.2, 0.25) is 0 Å². The van der Waals surface area contributed by atoms with Crippen LogP contribution in [0.15, 0.2) is 18.2 Å². The lowest BCUT2D eigenvalue weighted by Gasteiger charge is -2.10. The number of nitrogens with zero attached hydrogens (tertiary/aromatic N) is 1. The number of hydrogen-bond acceptors (Lipinski definition) is 4. The lowest BCUT2D eigenvalue weighted by molar-refractivity contribution is -0.328. The van der Waals surface area contributed by atoms with E-state index in [1.807, 2.05) is 13.0 Å². The Bertz CT molecular complexity index is 831. The van der Waals surface area contributed by atoms with Gasteiger partial charge in [0.2, 0.25) is 0 Å². The molecular formula is C20H28N5OS+. The van der Waals surface area contributed by atoms with Crippen molar-refractivity contribution in [1.82, 2.24) is 10.6 Å². The Kier molecular flexibility index (Phi) is 8.24. The number of pyridine rings is 1. The third-order valence-electron chi connectivity index (χ3n) is 4.12. The second kappa shape index (κ2) is 10.7. The van der Waals surface area contributed by atoms with E-state index in [4.69, 9.17) is 17.0 Å². The van der Waals surface area contributed by atoms with Gasteiger partial charge in [0, 0.05) is 25.1 Å². The van der Waals surface area contributed by atoms with Crippen molar-refractivity contribution in [3.8, 4) is 6.07 Å². The van der Waals surface area contributed by atoms with Crippen molar-refractivity contribution < 1.29 is 9.72 Å². The molecule has 1 aromatic carbocycles. The monoisotopic (exact) mass is 386 g/mol. The number of hydrogen-bond donors (Lipinski definition) is 3. The molecule has 4 N–H and O–H groups in total. The summed E-state index contributed by atoms with van der Waals surface area (Å²) in [5.74, 6) is 0.731. The minimum atomic E-state index is 0.601. The van der Waals surface area contributed by atoms with E-state index in [1.54, 1.807) is 0 Å². The maximum Gasteiger partial charge on any atom is 0.290 e. The van der Waals surface area contributed by atoms with Gasteiger partial charge >= 0.3 is 0 Å². The van der Waals surface area contributed by atoms with E-state index in [9.17, 15) is 5.26 Å². The molecule has 1 aromatic heterocycles. The molecule has 0 fully saturated rings. The first-order chi connectivity index (χ1) is 13.0. The highest BCUT2D eigenvalue weighted by Crippen LogP contribution is 2.20. The summed E-state index contributed by atoms with van der Waals surface area (Å²) in [4.78, 5) is 3.36. The molecule has 2 aromatic rings. The van der Waals surface area contributed by atoms with Crippen LogP contribution in [0.5, 0.6) is 0 Å². The molecule has 0 amide bonds. The zero-order valence-corrected chi connectivity index (χ0v) is 17.1. The average molecular weight is 387 g/mol. The molecule has 0 unspecified atom stereocenters. The van der Waals surface area contributed by atoms with E-state index < -0.39 is 0 Å². The Morgan fingerprint density at radius 2 is 1.96 bits per heavy atom. The van der Waals surface area contributed by atoms with Crippen LogP contribution >= 0.6 is 12.2 Å². The van der Waals surface area contributed by atoms with Crippen LogP contribution in [-0.2, 0) is 4.74 Å². The minimum Gasteiger partial charge on any atom is -0.382 e. The normalized spacial score (nSPS) is 10.4. The van der Waals surface area contributed by atoms with Crippen molar-refractivity contribution in [3.05, 3.63) is 34.9 Å². The lowest BCUT2D eigenvalue weighted by atomic mass is 10.1. The summed E-state index contributed by atoms with van der Waals surface area (Å²) in [5.41, 5.74) is 3.99. The molecule has 0 aliphatic rings. The van der Waals surface area contributed by atoms with Crippen LogP contribution in [0.25, 0.3) is 10.9 Å². The van der Waals surface area contributed by atoms with Gasteiger partial charge < -0.3 is 15.4 Å². The fourth-order valence-electron chi connectivity index (χ4n) is 2.88. The number of nitriles is 1. The second-order valence-corrected chi connectivity index (χ2v) is 6.78. The third-order valence-corrected chi connectivity index (χ3v) is 4.41. The summed E-state index contributed by atoms with van der Waals surface area (Å²) in [7, 11) is 0. The highest BCUT2D eigenvalue weighted by atomic mass is 32.1. The van der Waals surface area contributed by atoms with Crippen LogP contribution in [0.3, 0.4) is 0 Å². The number of nitrogens with one attached hydrogen (secondary N) is 4. The maximum absolute atomic E-state index is 9.45. The summed E-state index contributed by atoms with van der Waals surface area (Å²) in [5, 5.41) is 20.7. The van der Waals surface area contributed by atoms with Crippen LogP contribution in [0, 0.1) is 25.2 Å². The quantitative estimate of drug-likeness (QED) is 0.454. The second-order valence-electron chi connectivity index (χ2n) is 6.38. The summed E-state index contributed by atoms with van der Waals surface area (Å²) < 4.78 is 5.29. The Labute approximate surface area is 166 Å². The number of aromatic amines is 1. The first kappa shape index (κ1) is 20.9. The molecule has 27 heavy (non-hydrogen) atoms. The van der Waals surface area contributed by atoms with Gasteiger partial charge in [0.15, 0.2) is 5.11 Å². The van der Waals surface area contributed by atoms with E-state index in [2.05, 4.69) is 53.0 Å². The topological polar surface area (TPSA) is 83.2 Å². The van der Waals surface area contributed by atoms with Crippen molar-refractivity contribution in [2.45, 2.75) is 27.2 Å². The SMILES string of the molecule is CCOCCCNC(=S)NCCNc1[nH+]c2c(C)cc(C)cc2cc1C#N.